The molecular weight excluding hydrogens is 412 g/mol. The molecule has 8 heteroatoms. The van der Waals surface area contributed by atoms with Crippen molar-refractivity contribution in [3.63, 3.8) is 0 Å². The van der Waals surface area contributed by atoms with Gasteiger partial charge in [-0.15, -0.1) is 10.2 Å². The van der Waals surface area contributed by atoms with Gasteiger partial charge in [0.1, 0.15) is 30.3 Å². The highest BCUT2D eigenvalue weighted by atomic mass is 16.6. The average Bonchev–Trinajstić information content (AvgIpc) is 2.83. The van der Waals surface area contributed by atoms with E-state index in [2.05, 4.69) is 10.2 Å². The van der Waals surface area contributed by atoms with Crippen LogP contribution in [-0.2, 0) is 14.2 Å². The Labute approximate surface area is 186 Å². The van der Waals surface area contributed by atoms with Gasteiger partial charge < -0.3 is 28.8 Å². The van der Waals surface area contributed by atoms with Crippen LogP contribution in [0.4, 0.5) is 11.4 Å². The second-order valence-corrected chi connectivity index (χ2v) is 6.99. The molecule has 0 radical (unpaired) electrons. The lowest BCUT2D eigenvalue weighted by atomic mass is 10.1. The number of rotatable bonds is 2. The summed E-state index contributed by atoms with van der Waals surface area (Å²) in [4.78, 5) is 0. The maximum Gasteiger partial charge on any atom is 0.188 e. The maximum atomic E-state index is 10.4. The van der Waals surface area contributed by atoms with Crippen molar-refractivity contribution in [1.29, 1.82) is 0 Å². The van der Waals surface area contributed by atoms with Crippen LogP contribution in [0.15, 0.2) is 64.8 Å². The first kappa shape index (κ1) is 22.0. The van der Waals surface area contributed by atoms with Gasteiger partial charge in [0.25, 0.3) is 0 Å². The van der Waals surface area contributed by atoms with Crippen molar-refractivity contribution in [2.75, 3.05) is 52.9 Å². The number of aromatic hydroxyl groups is 1. The highest BCUT2D eigenvalue weighted by Gasteiger charge is 2.13. The van der Waals surface area contributed by atoms with Crippen molar-refractivity contribution in [2.24, 2.45) is 10.2 Å². The molecule has 1 aliphatic rings. The molecule has 0 saturated heterocycles. The number of phenolic OH excluding ortho intramolecular Hbond substituents is 1. The third-order valence-corrected chi connectivity index (χ3v) is 4.80. The van der Waals surface area contributed by atoms with E-state index in [0.29, 0.717) is 75.7 Å². The Morgan fingerprint density at radius 2 is 1.31 bits per heavy atom. The van der Waals surface area contributed by atoms with Gasteiger partial charge in [0.05, 0.1) is 39.6 Å². The van der Waals surface area contributed by atoms with Gasteiger partial charge >= 0.3 is 0 Å². The number of azo groups is 1. The van der Waals surface area contributed by atoms with Gasteiger partial charge in [-0.2, -0.15) is 0 Å². The van der Waals surface area contributed by atoms with Crippen LogP contribution in [0.2, 0.25) is 0 Å². The molecule has 0 fully saturated rings. The van der Waals surface area contributed by atoms with Crippen molar-refractivity contribution in [2.45, 2.75) is 0 Å². The van der Waals surface area contributed by atoms with E-state index >= 15 is 0 Å². The summed E-state index contributed by atoms with van der Waals surface area (Å²) >= 11 is 0. The zero-order chi connectivity index (χ0) is 22.0. The smallest absolute Gasteiger partial charge is 0.188 e. The molecule has 0 aliphatic carbocycles. The average molecular weight is 438 g/mol. The first-order valence-electron chi connectivity index (χ1n) is 10.6. The number of ether oxygens (including phenoxy) is 5. The fourth-order valence-corrected chi connectivity index (χ4v) is 3.25. The highest BCUT2D eigenvalue weighted by molar-refractivity contribution is 5.95. The van der Waals surface area contributed by atoms with Crippen molar-refractivity contribution in [1.82, 2.24) is 0 Å². The molecule has 1 aliphatic heterocycles. The quantitative estimate of drug-likeness (QED) is 0.579. The normalized spacial score (nSPS) is 16.5. The number of nitrogens with zero attached hydrogens (tertiary/aromatic N) is 2. The van der Waals surface area contributed by atoms with Crippen LogP contribution in [0.3, 0.4) is 0 Å². The van der Waals surface area contributed by atoms with Gasteiger partial charge in [-0.05, 0) is 23.6 Å². The molecule has 0 spiro atoms. The fraction of sp³-hybridized carbons (Fsp3) is 0.333. The van der Waals surface area contributed by atoms with Gasteiger partial charge in [-0.1, -0.05) is 36.4 Å². The number of hydrogen-bond donors (Lipinski definition) is 1. The summed E-state index contributed by atoms with van der Waals surface area (Å²) in [6.07, 6.45) is 0. The summed E-state index contributed by atoms with van der Waals surface area (Å²) in [6, 6.07) is 16.6. The zero-order valence-corrected chi connectivity index (χ0v) is 17.7. The van der Waals surface area contributed by atoms with Crippen molar-refractivity contribution < 1.29 is 28.8 Å². The molecule has 3 aromatic carbocycles. The van der Waals surface area contributed by atoms with Gasteiger partial charge in [0, 0.05) is 5.39 Å². The van der Waals surface area contributed by atoms with E-state index in [1.54, 1.807) is 12.1 Å². The van der Waals surface area contributed by atoms with Crippen LogP contribution in [0, 0.1) is 0 Å². The lowest BCUT2D eigenvalue weighted by molar-refractivity contribution is 0.00709. The number of para-hydroxylation sites is 1. The molecular formula is C24H26N2O6. The third-order valence-electron chi connectivity index (χ3n) is 4.80. The van der Waals surface area contributed by atoms with E-state index in [1.807, 2.05) is 42.5 Å². The predicted molar refractivity (Wildman–Crippen MR) is 120 cm³/mol. The van der Waals surface area contributed by atoms with Gasteiger partial charge in [0.15, 0.2) is 11.5 Å². The number of hydrogen-bond acceptors (Lipinski definition) is 8. The van der Waals surface area contributed by atoms with Crippen molar-refractivity contribution in [3.05, 3.63) is 54.6 Å². The van der Waals surface area contributed by atoms with Gasteiger partial charge in [-0.3, -0.25) is 0 Å². The largest absolute Gasteiger partial charge is 0.506 e. The number of benzene rings is 3. The van der Waals surface area contributed by atoms with Crippen LogP contribution < -0.4 is 9.47 Å². The number of fused-ring (bicyclic) bond motifs is 2. The first-order chi connectivity index (χ1) is 15.8. The molecule has 0 aromatic heterocycles. The molecule has 0 unspecified atom stereocenters. The fourth-order valence-electron chi connectivity index (χ4n) is 3.25. The van der Waals surface area contributed by atoms with Gasteiger partial charge in [-0.25, -0.2) is 0 Å². The Balaban J connectivity index is 1.60. The van der Waals surface area contributed by atoms with Crippen LogP contribution in [-0.4, -0.2) is 58.0 Å². The second kappa shape index (κ2) is 11.4. The Morgan fingerprint density at radius 3 is 2.09 bits per heavy atom. The first-order valence-corrected chi connectivity index (χ1v) is 10.6. The van der Waals surface area contributed by atoms with E-state index in [9.17, 15) is 5.11 Å². The van der Waals surface area contributed by atoms with Crippen LogP contribution in [0.1, 0.15) is 0 Å². The summed E-state index contributed by atoms with van der Waals surface area (Å²) in [5.74, 6) is 1.06. The Morgan fingerprint density at radius 1 is 0.625 bits per heavy atom. The van der Waals surface area contributed by atoms with E-state index in [-0.39, 0.29) is 5.75 Å². The molecule has 1 N–H and O–H groups in total. The van der Waals surface area contributed by atoms with Gasteiger partial charge in [0.2, 0.25) is 0 Å². The second-order valence-electron chi connectivity index (χ2n) is 6.99. The van der Waals surface area contributed by atoms with Crippen LogP contribution >= 0.6 is 0 Å². The molecule has 4 rings (SSSR count). The van der Waals surface area contributed by atoms with E-state index in [1.165, 1.54) is 0 Å². The predicted octanol–water partition coefficient (Wildman–Crippen LogP) is 4.78. The SMILES string of the molecule is Oc1ccc2ccccc2c1N=Nc1cccc2c1OCCOCCOCCOCCO2. The Hall–Kier alpha value is -3.20. The topological polar surface area (TPSA) is 91.1 Å². The summed E-state index contributed by atoms with van der Waals surface area (Å²) in [6.45, 7) is 3.50. The molecule has 168 valence electrons. The summed E-state index contributed by atoms with van der Waals surface area (Å²) in [5, 5.41) is 20.9. The van der Waals surface area contributed by atoms with Crippen molar-refractivity contribution in [3.8, 4) is 17.2 Å². The minimum Gasteiger partial charge on any atom is -0.506 e. The lowest BCUT2D eigenvalue weighted by Gasteiger charge is -2.14. The standard InChI is InChI=1S/C24H26N2O6/c27-21-9-8-18-4-1-2-5-19(18)23(21)26-25-20-6-3-7-22-24(20)32-17-15-30-13-11-28-10-12-29-14-16-31-22/h1-9,27H,10-17H2. The highest BCUT2D eigenvalue weighted by Crippen LogP contribution is 2.40. The summed E-state index contributed by atoms with van der Waals surface area (Å²) in [5.41, 5.74) is 0.888. The molecule has 32 heavy (non-hydrogen) atoms. The Bertz CT molecular complexity index is 1060. The zero-order valence-electron chi connectivity index (χ0n) is 17.7. The number of phenols is 1. The van der Waals surface area contributed by atoms with Crippen LogP contribution in [0.25, 0.3) is 10.8 Å². The molecule has 0 bridgehead atoms. The molecule has 0 saturated carbocycles. The molecule has 8 nitrogen and oxygen atoms in total. The summed E-state index contributed by atoms with van der Waals surface area (Å²) in [7, 11) is 0. The lowest BCUT2D eigenvalue weighted by Crippen LogP contribution is -2.13. The van der Waals surface area contributed by atoms with E-state index < -0.39 is 0 Å². The molecule has 1 heterocycles. The molecule has 0 amide bonds. The minimum absolute atomic E-state index is 0.0561. The Kier molecular flexibility index (Phi) is 7.86. The van der Waals surface area contributed by atoms with E-state index in [0.717, 1.165) is 10.8 Å². The van der Waals surface area contributed by atoms with Crippen LogP contribution in [0.5, 0.6) is 17.2 Å². The maximum absolute atomic E-state index is 10.4. The molecule has 3 aromatic rings. The summed E-state index contributed by atoms with van der Waals surface area (Å²) < 4.78 is 28.3. The van der Waals surface area contributed by atoms with E-state index in [4.69, 9.17) is 23.7 Å². The van der Waals surface area contributed by atoms with Crippen molar-refractivity contribution >= 4 is 22.1 Å². The molecule has 0 atom stereocenters. The third kappa shape index (κ3) is 5.73. The monoisotopic (exact) mass is 438 g/mol. The minimum atomic E-state index is 0.0561.